The van der Waals surface area contributed by atoms with Crippen molar-refractivity contribution in [3.63, 3.8) is 0 Å². The molecule has 1 N–H and O–H groups in total. The van der Waals surface area contributed by atoms with Crippen LogP contribution < -0.4 is 14.8 Å². The molecule has 5 nitrogen and oxygen atoms in total. The second-order valence-electron chi connectivity index (χ2n) is 6.85. The summed E-state index contributed by atoms with van der Waals surface area (Å²) in [5.41, 5.74) is 2.00. The number of hydrogen-bond donors (Lipinski definition) is 1. The van der Waals surface area contributed by atoms with Crippen LogP contribution in [-0.2, 0) is 13.2 Å². The molecule has 1 aromatic carbocycles. The molecular weight excluding hydrogens is 371 g/mol. The van der Waals surface area contributed by atoms with E-state index in [-0.39, 0.29) is 6.04 Å². The van der Waals surface area contributed by atoms with E-state index in [0.717, 1.165) is 11.1 Å². The Morgan fingerprint density at radius 2 is 1.93 bits per heavy atom. The zero-order valence-electron chi connectivity index (χ0n) is 15.7. The quantitative estimate of drug-likeness (QED) is 0.743. The van der Waals surface area contributed by atoms with Gasteiger partial charge in [-0.1, -0.05) is 6.07 Å². The molecule has 2 aromatic rings. The summed E-state index contributed by atoms with van der Waals surface area (Å²) >= 11 is 0. The average molecular weight is 395 g/mol. The smallest absolute Gasteiger partial charge is 0.401 e. The highest BCUT2D eigenvalue weighted by molar-refractivity contribution is 5.43. The molecule has 0 spiro atoms. The van der Waals surface area contributed by atoms with Crippen molar-refractivity contribution in [2.45, 2.75) is 31.8 Å². The first kappa shape index (κ1) is 20.4. The number of pyridine rings is 1. The number of rotatable bonds is 8. The highest BCUT2D eigenvalue weighted by atomic mass is 19.4. The van der Waals surface area contributed by atoms with E-state index in [1.807, 2.05) is 30.3 Å². The number of aromatic nitrogens is 1. The summed E-state index contributed by atoms with van der Waals surface area (Å²) < 4.78 is 48.7. The van der Waals surface area contributed by atoms with Crippen molar-refractivity contribution in [1.82, 2.24) is 15.2 Å². The van der Waals surface area contributed by atoms with Gasteiger partial charge in [0.15, 0.2) is 11.5 Å². The fraction of sp³-hybridized carbons (Fsp3) is 0.450. The Morgan fingerprint density at radius 3 is 2.64 bits per heavy atom. The number of alkyl halides is 3. The van der Waals surface area contributed by atoms with Crippen LogP contribution in [0.1, 0.15) is 17.5 Å². The summed E-state index contributed by atoms with van der Waals surface area (Å²) in [4.78, 5) is 5.41. The molecule has 152 valence electrons. The van der Waals surface area contributed by atoms with Crippen LogP contribution in [0.4, 0.5) is 13.2 Å². The molecule has 1 saturated heterocycles. The third kappa shape index (κ3) is 6.10. The van der Waals surface area contributed by atoms with Gasteiger partial charge in [-0.25, -0.2) is 0 Å². The first-order chi connectivity index (χ1) is 13.4. The van der Waals surface area contributed by atoms with Crippen LogP contribution in [0.25, 0.3) is 0 Å². The molecule has 28 heavy (non-hydrogen) atoms. The Labute approximate surface area is 162 Å². The molecule has 0 amide bonds. The van der Waals surface area contributed by atoms with E-state index in [0.29, 0.717) is 44.2 Å². The molecule has 1 fully saturated rings. The number of halogens is 3. The number of ether oxygens (including phenoxy) is 2. The molecule has 1 atom stereocenters. The van der Waals surface area contributed by atoms with Crippen LogP contribution in [0.2, 0.25) is 0 Å². The van der Waals surface area contributed by atoms with Crippen molar-refractivity contribution in [3.05, 3.63) is 53.9 Å². The van der Waals surface area contributed by atoms with Gasteiger partial charge in [0.05, 0.1) is 13.7 Å². The van der Waals surface area contributed by atoms with Crippen molar-refractivity contribution in [2.24, 2.45) is 0 Å². The Balaban J connectivity index is 1.51. The van der Waals surface area contributed by atoms with Crippen LogP contribution in [-0.4, -0.2) is 48.8 Å². The monoisotopic (exact) mass is 395 g/mol. The predicted octanol–water partition coefficient (Wildman–Crippen LogP) is 3.40. The van der Waals surface area contributed by atoms with E-state index >= 15 is 0 Å². The third-order valence-electron chi connectivity index (χ3n) is 4.64. The highest BCUT2D eigenvalue weighted by Crippen LogP contribution is 2.29. The summed E-state index contributed by atoms with van der Waals surface area (Å²) in [5, 5.41) is 3.33. The number of benzene rings is 1. The lowest BCUT2D eigenvalue weighted by atomic mass is 10.1. The normalized spacial score (nSPS) is 17.6. The van der Waals surface area contributed by atoms with Crippen molar-refractivity contribution >= 4 is 0 Å². The van der Waals surface area contributed by atoms with Crippen LogP contribution in [0, 0.1) is 0 Å². The van der Waals surface area contributed by atoms with Gasteiger partial charge in [0.1, 0.15) is 6.61 Å². The maximum absolute atomic E-state index is 12.5. The SMILES string of the molecule is COc1cc(CN[C@H]2CCN(CC(F)(F)F)C2)ccc1OCc1ccncc1. The number of nitrogens with one attached hydrogen (secondary N) is 1. The second-order valence-corrected chi connectivity index (χ2v) is 6.85. The van der Waals surface area contributed by atoms with Gasteiger partial charge in [0.2, 0.25) is 0 Å². The van der Waals surface area contributed by atoms with E-state index in [2.05, 4.69) is 10.3 Å². The lowest BCUT2D eigenvalue weighted by Gasteiger charge is -2.18. The second kappa shape index (κ2) is 9.25. The first-order valence-electron chi connectivity index (χ1n) is 9.14. The van der Waals surface area contributed by atoms with Gasteiger partial charge in [0.25, 0.3) is 0 Å². The molecule has 0 bridgehead atoms. The third-order valence-corrected chi connectivity index (χ3v) is 4.64. The van der Waals surface area contributed by atoms with Gasteiger partial charge in [0, 0.05) is 38.1 Å². The van der Waals surface area contributed by atoms with Gasteiger partial charge in [-0.2, -0.15) is 13.2 Å². The molecule has 0 aliphatic carbocycles. The van der Waals surface area contributed by atoms with E-state index in [4.69, 9.17) is 9.47 Å². The molecule has 1 aliphatic rings. The summed E-state index contributed by atoms with van der Waals surface area (Å²) in [6.07, 6.45) is -0.0121. The van der Waals surface area contributed by atoms with Gasteiger partial charge >= 0.3 is 6.18 Å². The lowest BCUT2D eigenvalue weighted by molar-refractivity contribution is -0.143. The number of methoxy groups -OCH3 is 1. The minimum atomic E-state index is -4.14. The van der Waals surface area contributed by atoms with Crippen LogP contribution in [0.3, 0.4) is 0 Å². The summed E-state index contributed by atoms with van der Waals surface area (Å²) in [7, 11) is 1.58. The van der Waals surface area contributed by atoms with Crippen molar-refractivity contribution < 1.29 is 22.6 Å². The van der Waals surface area contributed by atoms with Gasteiger partial charge < -0.3 is 14.8 Å². The van der Waals surface area contributed by atoms with Gasteiger partial charge in [-0.3, -0.25) is 9.88 Å². The van der Waals surface area contributed by atoms with Crippen molar-refractivity contribution in [1.29, 1.82) is 0 Å². The minimum absolute atomic E-state index is 0.0518. The Bertz CT molecular complexity index is 756. The number of hydrogen-bond acceptors (Lipinski definition) is 5. The van der Waals surface area contributed by atoms with Crippen LogP contribution in [0.5, 0.6) is 11.5 Å². The fourth-order valence-electron chi connectivity index (χ4n) is 3.24. The minimum Gasteiger partial charge on any atom is -0.493 e. The summed E-state index contributed by atoms with van der Waals surface area (Å²) in [6, 6.07) is 9.48. The molecule has 2 heterocycles. The first-order valence-corrected chi connectivity index (χ1v) is 9.14. The van der Waals surface area contributed by atoms with E-state index in [1.54, 1.807) is 19.5 Å². The zero-order chi connectivity index (χ0) is 20.0. The summed E-state index contributed by atoms with van der Waals surface area (Å²) in [6.45, 7) is 0.994. The number of likely N-dealkylation sites (tertiary alicyclic amines) is 1. The Hall–Kier alpha value is -2.32. The van der Waals surface area contributed by atoms with E-state index in [9.17, 15) is 13.2 Å². The maximum atomic E-state index is 12.5. The molecule has 0 saturated carbocycles. The molecular formula is C20H24F3N3O2. The standard InChI is InChI=1S/C20H24F3N3O2/c1-27-19-10-16(2-3-18(19)28-13-15-4-7-24-8-5-15)11-25-17-6-9-26(12-17)14-20(21,22)23/h2-5,7-8,10,17,25H,6,9,11-14H2,1H3/t17-/m0/s1. The number of nitrogens with zero attached hydrogens (tertiary/aromatic N) is 2. The predicted molar refractivity (Wildman–Crippen MR) is 99.3 cm³/mol. The van der Waals surface area contributed by atoms with Gasteiger partial charge in [-0.15, -0.1) is 0 Å². The largest absolute Gasteiger partial charge is 0.493 e. The van der Waals surface area contributed by atoms with Crippen molar-refractivity contribution in [2.75, 3.05) is 26.7 Å². The van der Waals surface area contributed by atoms with Crippen molar-refractivity contribution in [3.8, 4) is 11.5 Å². The average Bonchev–Trinajstić information content (AvgIpc) is 3.11. The molecule has 1 aliphatic heterocycles. The Morgan fingerprint density at radius 1 is 1.14 bits per heavy atom. The summed E-state index contributed by atoms with van der Waals surface area (Å²) in [5.74, 6) is 1.26. The van der Waals surface area contributed by atoms with E-state index in [1.165, 1.54) is 4.90 Å². The maximum Gasteiger partial charge on any atom is 0.401 e. The lowest BCUT2D eigenvalue weighted by Crippen LogP contribution is -2.36. The van der Waals surface area contributed by atoms with Gasteiger partial charge in [-0.05, 0) is 41.8 Å². The molecule has 3 rings (SSSR count). The van der Waals surface area contributed by atoms with Crippen LogP contribution >= 0.6 is 0 Å². The van der Waals surface area contributed by atoms with E-state index < -0.39 is 12.7 Å². The highest BCUT2D eigenvalue weighted by Gasteiger charge is 2.34. The molecule has 8 heteroatoms. The molecule has 0 unspecified atom stereocenters. The zero-order valence-corrected chi connectivity index (χ0v) is 15.7. The fourth-order valence-corrected chi connectivity index (χ4v) is 3.24. The molecule has 0 radical (unpaired) electrons. The Kier molecular flexibility index (Phi) is 6.74. The topological polar surface area (TPSA) is 46.6 Å². The molecule has 1 aromatic heterocycles. The van der Waals surface area contributed by atoms with Crippen LogP contribution in [0.15, 0.2) is 42.7 Å².